The predicted molar refractivity (Wildman–Crippen MR) is 334 cm³/mol. The maximum absolute atomic E-state index is 12.8. The predicted octanol–water partition coefficient (Wildman–Crippen LogP) is 22.4. The number of hydrogen-bond donors (Lipinski definition) is 0. The summed E-state index contributed by atoms with van der Waals surface area (Å²) in [7, 11) is 0. The summed E-state index contributed by atoms with van der Waals surface area (Å²) in [6.45, 7) is 6.40. The van der Waals surface area contributed by atoms with Gasteiger partial charge in [0.15, 0.2) is 6.10 Å². The van der Waals surface area contributed by atoms with Crippen LogP contribution in [0, 0.1) is 0 Å². The lowest BCUT2D eigenvalue weighted by atomic mass is 10.0. The van der Waals surface area contributed by atoms with Crippen molar-refractivity contribution in [3.05, 3.63) is 97.2 Å². The summed E-state index contributed by atoms with van der Waals surface area (Å²) < 4.78 is 16.9. The molecule has 0 fully saturated rings. The normalized spacial score (nSPS) is 12.7. The highest BCUT2D eigenvalue weighted by atomic mass is 16.6. The zero-order valence-corrected chi connectivity index (χ0v) is 50.7. The van der Waals surface area contributed by atoms with E-state index in [4.69, 9.17) is 14.2 Å². The molecule has 1 atom stereocenters. The Kier molecular flexibility index (Phi) is 61.8. The summed E-state index contributed by atoms with van der Waals surface area (Å²) in [4.78, 5) is 38.2. The van der Waals surface area contributed by atoms with Gasteiger partial charge < -0.3 is 14.2 Å². The van der Waals surface area contributed by atoms with E-state index in [1.165, 1.54) is 128 Å². The number of unbranched alkanes of at least 4 members (excludes halogenated alkanes) is 32. The number of ether oxygens (including phenoxy) is 3. The Labute approximate surface area is 477 Å². The molecule has 0 aliphatic rings. The maximum atomic E-state index is 12.8. The molecule has 442 valence electrons. The van der Waals surface area contributed by atoms with Crippen LogP contribution in [-0.4, -0.2) is 37.2 Å². The van der Waals surface area contributed by atoms with E-state index in [1.807, 2.05) is 0 Å². The standard InChI is InChI=1S/C71H122O6/c1-4-7-10-13-16-19-22-25-26-27-28-29-30-31-32-33-34-35-36-37-38-39-40-41-42-43-44-47-49-52-55-58-61-64-70(73)76-67-68(77-71(74)65-62-59-56-53-50-46-24-21-18-15-12-9-6-3)66-75-69(72)63-60-57-54-51-48-45-23-20-17-14-11-8-5-2/h7,10-12,14-16,19-21,23-26,28-29,68H,4-6,8-9,13,17-18,22,27,30-67H2,1-3H3/b10-7-,14-11-,15-12-,19-16-,23-20-,24-21-,26-25-,29-28-. The molecule has 0 radical (unpaired) electrons. The van der Waals surface area contributed by atoms with Gasteiger partial charge in [0.1, 0.15) is 13.2 Å². The number of hydrogen-bond acceptors (Lipinski definition) is 6. The van der Waals surface area contributed by atoms with Crippen LogP contribution in [0.3, 0.4) is 0 Å². The monoisotopic (exact) mass is 1070 g/mol. The maximum Gasteiger partial charge on any atom is 0.306 e. The van der Waals surface area contributed by atoms with Gasteiger partial charge in [-0.15, -0.1) is 0 Å². The quantitative estimate of drug-likeness (QED) is 0.0261. The highest BCUT2D eigenvalue weighted by Crippen LogP contribution is 2.17. The summed E-state index contributed by atoms with van der Waals surface area (Å²) in [6, 6.07) is 0. The van der Waals surface area contributed by atoms with E-state index in [9.17, 15) is 14.4 Å². The first-order chi connectivity index (χ1) is 38.0. The molecule has 6 nitrogen and oxygen atoms in total. The molecule has 0 aliphatic carbocycles. The second kappa shape index (κ2) is 64.9. The van der Waals surface area contributed by atoms with Crippen LogP contribution in [-0.2, 0) is 28.6 Å². The minimum atomic E-state index is -0.789. The van der Waals surface area contributed by atoms with Gasteiger partial charge in [0.25, 0.3) is 0 Å². The zero-order valence-electron chi connectivity index (χ0n) is 50.7. The van der Waals surface area contributed by atoms with Gasteiger partial charge in [-0.3, -0.25) is 14.4 Å². The number of rotatable bonds is 59. The molecule has 0 saturated heterocycles. The molecular weight excluding hydrogens is 949 g/mol. The van der Waals surface area contributed by atoms with E-state index in [1.54, 1.807) is 0 Å². The average Bonchev–Trinajstić information content (AvgIpc) is 3.43. The van der Waals surface area contributed by atoms with Gasteiger partial charge in [0.2, 0.25) is 0 Å². The first kappa shape index (κ1) is 73.3. The largest absolute Gasteiger partial charge is 0.462 e. The van der Waals surface area contributed by atoms with Crippen molar-refractivity contribution in [1.82, 2.24) is 0 Å². The van der Waals surface area contributed by atoms with E-state index in [0.29, 0.717) is 19.3 Å². The van der Waals surface area contributed by atoms with Crippen molar-refractivity contribution in [3.63, 3.8) is 0 Å². The van der Waals surface area contributed by atoms with E-state index < -0.39 is 6.10 Å². The summed E-state index contributed by atoms with van der Waals surface area (Å²) in [5.74, 6) is -0.904. The fourth-order valence-electron chi connectivity index (χ4n) is 9.16. The highest BCUT2D eigenvalue weighted by Gasteiger charge is 2.19. The smallest absolute Gasteiger partial charge is 0.306 e. The molecule has 1 unspecified atom stereocenters. The Balaban J connectivity index is 4.11. The van der Waals surface area contributed by atoms with E-state index in [2.05, 4.69) is 118 Å². The van der Waals surface area contributed by atoms with Crippen LogP contribution in [0.15, 0.2) is 97.2 Å². The SMILES string of the molecule is CC/C=C\C/C=C\C/C=C\C/C=C\CCCCCCCCCCCCCCCCCCCCCCC(=O)OCC(COC(=O)CCCCCCC/C=C\C/C=C\CCC)OC(=O)CCCCCCC/C=C\C/C=C\CCC. The molecule has 77 heavy (non-hydrogen) atoms. The number of carbonyl (C=O) groups is 3. The Morgan fingerprint density at radius 2 is 0.506 bits per heavy atom. The lowest BCUT2D eigenvalue weighted by Crippen LogP contribution is -2.30. The Hall–Kier alpha value is -3.67. The fourth-order valence-corrected chi connectivity index (χ4v) is 9.16. The zero-order chi connectivity index (χ0) is 55.7. The van der Waals surface area contributed by atoms with Crippen molar-refractivity contribution >= 4 is 17.9 Å². The number of esters is 3. The van der Waals surface area contributed by atoms with Gasteiger partial charge >= 0.3 is 17.9 Å². The molecule has 0 N–H and O–H groups in total. The third kappa shape index (κ3) is 63.0. The van der Waals surface area contributed by atoms with Crippen molar-refractivity contribution in [2.24, 2.45) is 0 Å². The lowest BCUT2D eigenvalue weighted by Gasteiger charge is -2.18. The van der Waals surface area contributed by atoms with Gasteiger partial charge in [-0.05, 0) is 109 Å². The summed E-state index contributed by atoms with van der Waals surface area (Å²) in [5.41, 5.74) is 0. The van der Waals surface area contributed by atoms with Crippen LogP contribution >= 0.6 is 0 Å². The third-order valence-corrected chi connectivity index (χ3v) is 14.0. The molecular formula is C71H122O6. The molecule has 0 saturated carbocycles. The van der Waals surface area contributed by atoms with Gasteiger partial charge in [0, 0.05) is 19.3 Å². The molecule has 0 amide bonds. The van der Waals surface area contributed by atoms with Crippen molar-refractivity contribution < 1.29 is 28.6 Å². The second-order valence-corrected chi connectivity index (χ2v) is 21.6. The van der Waals surface area contributed by atoms with Gasteiger partial charge in [-0.2, -0.15) is 0 Å². The molecule has 0 aliphatic heterocycles. The summed E-state index contributed by atoms with van der Waals surface area (Å²) in [5, 5.41) is 0. The second-order valence-electron chi connectivity index (χ2n) is 21.6. The third-order valence-electron chi connectivity index (χ3n) is 14.0. The van der Waals surface area contributed by atoms with Crippen LogP contribution in [0.5, 0.6) is 0 Å². The van der Waals surface area contributed by atoms with Crippen LogP contribution in [0.25, 0.3) is 0 Å². The summed E-state index contributed by atoms with van der Waals surface area (Å²) >= 11 is 0. The molecule has 0 aromatic rings. The van der Waals surface area contributed by atoms with Crippen molar-refractivity contribution in [1.29, 1.82) is 0 Å². The van der Waals surface area contributed by atoms with Crippen molar-refractivity contribution in [3.8, 4) is 0 Å². The molecule has 0 heterocycles. The number of allylic oxidation sites excluding steroid dienone is 16. The first-order valence-corrected chi connectivity index (χ1v) is 32.7. The van der Waals surface area contributed by atoms with Crippen LogP contribution < -0.4 is 0 Å². The molecule has 0 rings (SSSR count). The molecule has 0 aromatic heterocycles. The van der Waals surface area contributed by atoms with Crippen LogP contribution in [0.2, 0.25) is 0 Å². The van der Waals surface area contributed by atoms with Crippen LogP contribution in [0.1, 0.15) is 316 Å². The molecule has 6 heteroatoms. The Bertz CT molecular complexity index is 1510. The van der Waals surface area contributed by atoms with E-state index in [0.717, 1.165) is 148 Å². The van der Waals surface area contributed by atoms with Gasteiger partial charge in [-0.25, -0.2) is 0 Å². The molecule has 0 aromatic carbocycles. The van der Waals surface area contributed by atoms with Gasteiger partial charge in [-0.1, -0.05) is 285 Å². The first-order valence-electron chi connectivity index (χ1n) is 32.7. The minimum Gasteiger partial charge on any atom is -0.462 e. The van der Waals surface area contributed by atoms with Crippen molar-refractivity contribution in [2.45, 2.75) is 322 Å². The van der Waals surface area contributed by atoms with E-state index in [-0.39, 0.29) is 31.1 Å². The van der Waals surface area contributed by atoms with Crippen LogP contribution in [0.4, 0.5) is 0 Å². The molecule has 0 bridgehead atoms. The minimum absolute atomic E-state index is 0.0848. The Morgan fingerprint density at radius 1 is 0.273 bits per heavy atom. The fraction of sp³-hybridized carbons (Fsp3) is 0.732. The van der Waals surface area contributed by atoms with E-state index >= 15 is 0 Å². The van der Waals surface area contributed by atoms with Gasteiger partial charge in [0.05, 0.1) is 0 Å². The number of carbonyl (C=O) groups excluding carboxylic acids is 3. The summed E-state index contributed by atoms with van der Waals surface area (Å²) in [6.07, 6.45) is 87.3. The highest BCUT2D eigenvalue weighted by molar-refractivity contribution is 5.71. The van der Waals surface area contributed by atoms with Crippen molar-refractivity contribution in [2.75, 3.05) is 13.2 Å². The molecule has 0 spiro atoms. The Morgan fingerprint density at radius 3 is 0.792 bits per heavy atom. The average molecular weight is 1070 g/mol. The topological polar surface area (TPSA) is 78.9 Å². The lowest BCUT2D eigenvalue weighted by molar-refractivity contribution is -0.167.